The van der Waals surface area contributed by atoms with Gasteiger partial charge in [-0.3, -0.25) is 9.59 Å². The van der Waals surface area contributed by atoms with Crippen molar-refractivity contribution < 1.29 is 32.6 Å². The van der Waals surface area contributed by atoms with Crippen molar-refractivity contribution in [2.24, 2.45) is 0 Å². The van der Waals surface area contributed by atoms with Crippen LogP contribution in [0.25, 0.3) is 0 Å². The van der Waals surface area contributed by atoms with E-state index in [0.29, 0.717) is 6.07 Å². The molecule has 0 aliphatic heterocycles. The number of hydrogen-bond donors (Lipinski definition) is 1. The third kappa shape index (κ3) is 5.12. The third-order valence-electron chi connectivity index (χ3n) is 2.78. The number of halogens is 2. The van der Waals surface area contributed by atoms with Gasteiger partial charge in [0.15, 0.2) is 0 Å². The van der Waals surface area contributed by atoms with Crippen LogP contribution in [0, 0.1) is 11.6 Å². The van der Waals surface area contributed by atoms with Crippen molar-refractivity contribution in [2.75, 3.05) is 14.2 Å². The summed E-state index contributed by atoms with van der Waals surface area (Å²) in [5.74, 6) is -4.06. The number of carbonyl (C=O) groups excluding carboxylic acids is 3. The summed E-state index contributed by atoms with van der Waals surface area (Å²) >= 11 is 0. The highest BCUT2D eigenvalue weighted by molar-refractivity contribution is 5.96. The Morgan fingerprint density at radius 2 is 1.68 bits per heavy atom. The molecule has 0 unspecified atom stereocenters. The van der Waals surface area contributed by atoms with Crippen LogP contribution >= 0.6 is 0 Å². The lowest BCUT2D eigenvalue weighted by Crippen LogP contribution is -2.42. The summed E-state index contributed by atoms with van der Waals surface area (Å²) in [6.45, 7) is 0. The molecule has 0 heterocycles. The van der Waals surface area contributed by atoms with Crippen LogP contribution in [0.15, 0.2) is 18.2 Å². The van der Waals surface area contributed by atoms with E-state index in [1.54, 1.807) is 0 Å². The van der Waals surface area contributed by atoms with Crippen molar-refractivity contribution in [1.82, 2.24) is 5.32 Å². The van der Waals surface area contributed by atoms with Gasteiger partial charge in [0.1, 0.15) is 17.7 Å². The summed E-state index contributed by atoms with van der Waals surface area (Å²) in [7, 11) is 2.30. The maximum absolute atomic E-state index is 13.1. The lowest BCUT2D eigenvalue weighted by Gasteiger charge is -2.16. The number of rotatable bonds is 6. The molecule has 1 aromatic carbocycles. The van der Waals surface area contributed by atoms with Crippen molar-refractivity contribution in [1.29, 1.82) is 0 Å². The maximum Gasteiger partial charge on any atom is 0.328 e. The highest BCUT2D eigenvalue weighted by Crippen LogP contribution is 2.09. The molecule has 120 valence electrons. The Hall–Kier alpha value is -2.51. The minimum atomic E-state index is -1.14. The van der Waals surface area contributed by atoms with Crippen molar-refractivity contribution in [3.63, 3.8) is 0 Å². The number of nitrogens with one attached hydrogen (secondary N) is 1. The quantitative estimate of drug-likeness (QED) is 0.798. The Balaban J connectivity index is 2.81. The number of esters is 2. The Labute approximate surface area is 125 Å². The van der Waals surface area contributed by atoms with E-state index in [1.165, 1.54) is 7.11 Å². The molecule has 0 bridgehead atoms. The van der Waals surface area contributed by atoms with Gasteiger partial charge in [-0.15, -0.1) is 0 Å². The molecule has 1 aromatic rings. The standard InChI is InChI=1S/C14H15F2NO5/c1-21-12(18)4-3-11(14(20)22-2)17-13(19)8-5-9(15)7-10(16)6-8/h5-7,11H,3-4H2,1-2H3,(H,17,19)/t11-/m0/s1. The van der Waals surface area contributed by atoms with E-state index >= 15 is 0 Å². The van der Waals surface area contributed by atoms with Crippen LogP contribution in [-0.2, 0) is 19.1 Å². The molecule has 1 N–H and O–H groups in total. The van der Waals surface area contributed by atoms with Gasteiger partial charge >= 0.3 is 11.9 Å². The van der Waals surface area contributed by atoms with Gasteiger partial charge in [0.25, 0.3) is 5.91 Å². The normalized spacial score (nSPS) is 11.5. The van der Waals surface area contributed by atoms with Crippen LogP contribution in [0.5, 0.6) is 0 Å². The predicted molar refractivity (Wildman–Crippen MR) is 70.9 cm³/mol. The summed E-state index contributed by atoms with van der Waals surface area (Å²) in [6.07, 6.45) is -0.197. The summed E-state index contributed by atoms with van der Waals surface area (Å²) in [6, 6.07) is 1.13. The topological polar surface area (TPSA) is 81.7 Å². The monoisotopic (exact) mass is 315 g/mol. The van der Waals surface area contributed by atoms with Crippen molar-refractivity contribution in [3.8, 4) is 0 Å². The van der Waals surface area contributed by atoms with Crippen LogP contribution in [0.1, 0.15) is 23.2 Å². The van der Waals surface area contributed by atoms with Crippen molar-refractivity contribution >= 4 is 17.8 Å². The lowest BCUT2D eigenvalue weighted by molar-refractivity contribution is -0.144. The molecule has 1 atom stereocenters. The Morgan fingerprint density at radius 3 is 2.18 bits per heavy atom. The molecule has 0 aromatic heterocycles. The van der Waals surface area contributed by atoms with Gasteiger partial charge in [-0.25, -0.2) is 13.6 Å². The van der Waals surface area contributed by atoms with Crippen molar-refractivity contribution in [2.45, 2.75) is 18.9 Å². The molecule has 22 heavy (non-hydrogen) atoms. The lowest BCUT2D eigenvalue weighted by atomic mass is 10.1. The number of carbonyl (C=O) groups is 3. The molecule has 0 saturated heterocycles. The van der Waals surface area contributed by atoms with E-state index in [4.69, 9.17) is 0 Å². The number of methoxy groups -OCH3 is 2. The Morgan fingerprint density at radius 1 is 1.09 bits per heavy atom. The first-order chi connectivity index (χ1) is 10.4. The van der Waals surface area contributed by atoms with Crippen LogP contribution in [0.2, 0.25) is 0 Å². The van der Waals surface area contributed by atoms with Crippen LogP contribution < -0.4 is 5.32 Å². The third-order valence-corrected chi connectivity index (χ3v) is 2.78. The van der Waals surface area contributed by atoms with Gasteiger partial charge in [-0.1, -0.05) is 0 Å². The second kappa shape index (κ2) is 8.06. The van der Waals surface area contributed by atoms with E-state index in [2.05, 4.69) is 14.8 Å². The minimum Gasteiger partial charge on any atom is -0.469 e. The van der Waals surface area contributed by atoms with Gasteiger partial charge in [0.05, 0.1) is 14.2 Å². The molecule has 0 spiro atoms. The number of amides is 1. The maximum atomic E-state index is 13.1. The Bertz CT molecular complexity index is 556. The molecule has 0 radical (unpaired) electrons. The average molecular weight is 315 g/mol. The first kappa shape index (κ1) is 17.5. The minimum absolute atomic E-state index is 0.0666. The Kier molecular flexibility index (Phi) is 6.43. The van der Waals surface area contributed by atoms with Crippen molar-refractivity contribution in [3.05, 3.63) is 35.4 Å². The molecule has 1 rings (SSSR count). The fourth-order valence-corrected chi connectivity index (χ4v) is 1.68. The number of benzene rings is 1. The fraction of sp³-hybridized carbons (Fsp3) is 0.357. The number of ether oxygens (including phenoxy) is 2. The fourth-order valence-electron chi connectivity index (χ4n) is 1.68. The molecule has 1 amide bonds. The van der Waals surface area contributed by atoms with Gasteiger partial charge < -0.3 is 14.8 Å². The van der Waals surface area contributed by atoms with Gasteiger partial charge in [0.2, 0.25) is 0 Å². The average Bonchev–Trinajstić information content (AvgIpc) is 2.48. The molecule has 0 aliphatic carbocycles. The summed E-state index contributed by atoms with van der Waals surface area (Å²) in [5.41, 5.74) is -0.288. The molecule has 0 aliphatic rings. The highest BCUT2D eigenvalue weighted by Gasteiger charge is 2.23. The summed E-state index contributed by atoms with van der Waals surface area (Å²) in [4.78, 5) is 34.6. The summed E-state index contributed by atoms with van der Waals surface area (Å²) < 4.78 is 35.1. The molecule has 8 heteroatoms. The van der Waals surface area contributed by atoms with E-state index in [0.717, 1.165) is 19.2 Å². The molecule has 0 fully saturated rings. The highest BCUT2D eigenvalue weighted by atomic mass is 19.1. The summed E-state index contributed by atoms with van der Waals surface area (Å²) in [5, 5.41) is 2.26. The van der Waals surface area contributed by atoms with Gasteiger partial charge in [0, 0.05) is 18.1 Å². The zero-order valence-corrected chi connectivity index (χ0v) is 12.0. The van der Waals surface area contributed by atoms with Crippen LogP contribution in [0.4, 0.5) is 8.78 Å². The molecule has 6 nitrogen and oxygen atoms in total. The van der Waals surface area contributed by atoms with Crippen LogP contribution in [-0.4, -0.2) is 38.1 Å². The second-order valence-corrected chi connectivity index (χ2v) is 4.32. The van der Waals surface area contributed by atoms with E-state index < -0.39 is 35.5 Å². The van der Waals surface area contributed by atoms with Gasteiger partial charge in [-0.05, 0) is 18.6 Å². The van der Waals surface area contributed by atoms with E-state index in [-0.39, 0.29) is 18.4 Å². The number of hydrogen-bond acceptors (Lipinski definition) is 5. The predicted octanol–water partition coefficient (Wildman–Crippen LogP) is 1.19. The SMILES string of the molecule is COC(=O)CC[C@H](NC(=O)c1cc(F)cc(F)c1)C(=O)OC. The molecular weight excluding hydrogens is 300 g/mol. The first-order valence-electron chi connectivity index (χ1n) is 6.29. The zero-order chi connectivity index (χ0) is 16.7. The molecular formula is C14H15F2NO5. The van der Waals surface area contributed by atoms with Crippen LogP contribution in [0.3, 0.4) is 0 Å². The van der Waals surface area contributed by atoms with E-state index in [1.807, 2.05) is 0 Å². The smallest absolute Gasteiger partial charge is 0.328 e. The first-order valence-corrected chi connectivity index (χ1v) is 6.29. The molecule has 0 saturated carbocycles. The van der Waals surface area contributed by atoms with E-state index in [9.17, 15) is 23.2 Å². The second-order valence-electron chi connectivity index (χ2n) is 4.32. The largest absolute Gasteiger partial charge is 0.469 e. The zero-order valence-electron chi connectivity index (χ0n) is 12.0. The van der Waals surface area contributed by atoms with Gasteiger partial charge in [-0.2, -0.15) is 0 Å².